The second kappa shape index (κ2) is 4.79. The number of amides is 1. The maximum absolute atomic E-state index is 12.0. The van der Waals surface area contributed by atoms with E-state index in [1.165, 1.54) is 0 Å². The molecule has 2 rings (SSSR count). The first-order chi connectivity index (χ1) is 9.16. The van der Waals surface area contributed by atoms with Gasteiger partial charge in [0.2, 0.25) is 5.91 Å². The third-order valence-corrected chi connectivity index (χ3v) is 6.88. The number of benzene rings is 1. The van der Waals surface area contributed by atoms with Gasteiger partial charge < -0.3 is 5.73 Å². The summed E-state index contributed by atoms with van der Waals surface area (Å²) in [6, 6.07) is 7.51. The Labute approximate surface area is 134 Å². The van der Waals surface area contributed by atoms with Crippen molar-refractivity contribution in [2.45, 2.75) is 37.4 Å². The van der Waals surface area contributed by atoms with Gasteiger partial charge in [-0.2, -0.15) is 0 Å². The highest BCUT2D eigenvalue weighted by Gasteiger charge is 2.87. The first-order valence-corrected chi connectivity index (χ1v) is 7.73. The maximum Gasteiger partial charge on any atom is 0.227 e. The van der Waals surface area contributed by atoms with Crippen LogP contribution in [0.1, 0.15) is 38.7 Å². The molecule has 20 heavy (non-hydrogen) atoms. The highest BCUT2D eigenvalue weighted by atomic mass is 35.5. The van der Waals surface area contributed by atoms with Crippen molar-refractivity contribution in [1.82, 2.24) is 0 Å². The fraction of sp³-hybridized carbons (Fsp3) is 0.533. The molecule has 0 aliphatic heterocycles. The number of rotatable bonds is 4. The lowest BCUT2D eigenvalue weighted by Crippen LogP contribution is -2.32. The highest BCUT2D eigenvalue weighted by molar-refractivity contribution is 6.54. The van der Waals surface area contributed by atoms with Gasteiger partial charge in [0.25, 0.3) is 0 Å². The Bertz CT molecular complexity index is 543. The van der Waals surface area contributed by atoms with Crippen LogP contribution < -0.4 is 5.73 Å². The molecule has 0 heterocycles. The Hall–Kier alpha value is -0.440. The van der Waals surface area contributed by atoms with Crippen LogP contribution in [0.15, 0.2) is 24.3 Å². The molecule has 2 N–H and O–H groups in total. The molecule has 1 aliphatic carbocycles. The van der Waals surface area contributed by atoms with Crippen LogP contribution in [0.2, 0.25) is 5.02 Å². The molecule has 1 saturated carbocycles. The summed E-state index contributed by atoms with van der Waals surface area (Å²) in [7, 11) is 0. The average molecular weight is 335 g/mol. The lowest BCUT2D eigenvalue weighted by atomic mass is 9.78. The topological polar surface area (TPSA) is 43.1 Å². The zero-order valence-electron chi connectivity index (χ0n) is 11.7. The number of primary amides is 1. The summed E-state index contributed by atoms with van der Waals surface area (Å²) in [6.07, 6.45) is 0.518. The van der Waals surface area contributed by atoms with Crippen molar-refractivity contribution in [3.8, 4) is 0 Å². The van der Waals surface area contributed by atoms with Crippen LogP contribution in [0.3, 0.4) is 0 Å². The predicted molar refractivity (Wildman–Crippen MR) is 84.3 cm³/mol. The van der Waals surface area contributed by atoms with Crippen LogP contribution in [-0.2, 0) is 4.79 Å². The standard InChI is InChI=1S/C15H18Cl3NO/c1-4-14(12(19)20)13(3,15(14,17)18)9(2)10-5-7-11(16)8-6-10/h5-9H,4H2,1-3H3,(H2,19,20). The van der Waals surface area contributed by atoms with Crippen LogP contribution in [0.5, 0.6) is 0 Å². The molecule has 0 aromatic heterocycles. The first kappa shape index (κ1) is 15.9. The molecule has 0 spiro atoms. The van der Waals surface area contributed by atoms with E-state index in [0.29, 0.717) is 11.4 Å². The summed E-state index contributed by atoms with van der Waals surface area (Å²) in [6.45, 7) is 5.84. The van der Waals surface area contributed by atoms with Crippen molar-refractivity contribution in [3.63, 3.8) is 0 Å². The fourth-order valence-electron chi connectivity index (χ4n) is 3.62. The van der Waals surface area contributed by atoms with E-state index in [2.05, 4.69) is 0 Å². The van der Waals surface area contributed by atoms with Gasteiger partial charge in [-0.05, 0) is 30.0 Å². The smallest absolute Gasteiger partial charge is 0.227 e. The van der Waals surface area contributed by atoms with Gasteiger partial charge in [0.05, 0.1) is 5.41 Å². The highest BCUT2D eigenvalue weighted by Crippen LogP contribution is 2.83. The SMILES string of the molecule is CCC1(C(N)=O)C(Cl)(Cl)C1(C)C(C)c1ccc(Cl)cc1. The zero-order chi connectivity index (χ0) is 15.3. The Morgan fingerprint density at radius 3 is 2.15 bits per heavy atom. The maximum atomic E-state index is 12.0. The molecule has 110 valence electrons. The molecule has 3 unspecified atom stereocenters. The summed E-state index contributed by atoms with van der Waals surface area (Å²) >= 11 is 18.9. The van der Waals surface area contributed by atoms with Crippen LogP contribution in [0.25, 0.3) is 0 Å². The molecular formula is C15H18Cl3NO. The third kappa shape index (κ3) is 1.68. The van der Waals surface area contributed by atoms with E-state index >= 15 is 0 Å². The first-order valence-electron chi connectivity index (χ1n) is 6.60. The number of halogens is 3. The van der Waals surface area contributed by atoms with Crippen LogP contribution in [-0.4, -0.2) is 10.2 Å². The molecule has 5 heteroatoms. The number of carbonyl (C=O) groups excluding carboxylic acids is 1. The van der Waals surface area contributed by atoms with Gasteiger partial charge in [-0.15, -0.1) is 0 Å². The Balaban J connectivity index is 2.46. The minimum Gasteiger partial charge on any atom is -0.369 e. The molecule has 1 aliphatic rings. The Morgan fingerprint density at radius 1 is 1.30 bits per heavy atom. The Kier molecular flexibility index (Phi) is 3.82. The molecule has 0 bridgehead atoms. The van der Waals surface area contributed by atoms with Crippen molar-refractivity contribution in [2.24, 2.45) is 16.6 Å². The summed E-state index contributed by atoms with van der Waals surface area (Å²) in [5, 5.41) is 0.668. The number of carbonyl (C=O) groups is 1. The monoisotopic (exact) mass is 333 g/mol. The lowest BCUT2D eigenvalue weighted by Gasteiger charge is -2.24. The number of alkyl halides is 2. The number of hydrogen-bond donors (Lipinski definition) is 1. The average Bonchev–Trinajstić information content (AvgIpc) is 2.80. The van der Waals surface area contributed by atoms with E-state index in [4.69, 9.17) is 40.5 Å². The third-order valence-electron chi connectivity index (χ3n) is 5.20. The lowest BCUT2D eigenvalue weighted by molar-refractivity contribution is -0.124. The van der Waals surface area contributed by atoms with Crippen molar-refractivity contribution < 1.29 is 4.79 Å². The zero-order valence-corrected chi connectivity index (χ0v) is 14.0. The van der Waals surface area contributed by atoms with Crippen LogP contribution >= 0.6 is 34.8 Å². The van der Waals surface area contributed by atoms with Gasteiger partial charge in [-0.3, -0.25) is 4.79 Å². The van der Waals surface area contributed by atoms with E-state index < -0.39 is 21.1 Å². The van der Waals surface area contributed by atoms with Crippen LogP contribution in [0.4, 0.5) is 0 Å². The van der Waals surface area contributed by atoms with Crippen molar-refractivity contribution in [2.75, 3.05) is 0 Å². The van der Waals surface area contributed by atoms with Gasteiger partial charge in [0.1, 0.15) is 4.33 Å². The van der Waals surface area contributed by atoms with Gasteiger partial charge in [0.15, 0.2) is 0 Å². The minimum atomic E-state index is -1.15. The van der Waals surface area contributed by atoms with E-state index in [0.717, 1.165) is 5.56 Å². The van der Waals surface area contributed by atoms with Gasteiger partial charge in [-0.1, -0.05) is 67.7 Å². The summed E-state index contributed by atoms with van der Waals surface area (Å²) in [5.74, 6) is -0.449. The predicted octanol–water partition coefficient (Wildman–Crippen LogP) is 4.52. The molecule has 1 fully saturated rings. The number of nitrogens with two attached hydrogens (primary N) is 1. The summed E-state index contributed by atoms with van der Waals surface area (Å²) in [5.41, 5.74) is 5.15. The van der Waals surface area contributed by atoms with E-state index in [1.54, 1.807) is 0 Å². The molecular weight excluding hydrogens is 317 g/mol. The fourth-order valence-corrected chi connectivity index (χ4v) is 5.15. The Morgan fingerprint density at radius 2 is 1.80 bits per heavy atom. The van der Waals surface area contributed by atoms with Gasteiger partial charge >= 0.3 is 0 Å². The van der Waals surface area contributed by atoms with Gasteiger partial charge in [0, 0.05) is 10.4 Å². The summed E-state index contributed by atoms with van der Waals surface area (Å²) in [4.78, 5) is 12.0. The summed E-state index contributed by atoms with van der Waals surface area (Å²) < 4.78 is -1.15. The van der Waals surface area contributed by atoms with Gasteiger partial charge in [-0.25, -0.2) is 0 Å². The molecule has 1 aromatic carbocycles. The number of hydrogen-bond acceptors (Lipinski definition) is 1. The van der Waals surface area contributed by atoms with E-state index in [1.807, 2.05) is 45.0 Å². The molecule has 1 aromatic rings. The van der Waals surface area contributed by atoms with Crippen molar-refractivity contribution in [1.29, 1.82) is 0 Å². The van der Waals surface area contributed by atoms with E-state index in [-0.39, 0.29) is 5.92 Å². The van der Waals surface area contributed by atoms with E-state index in [9.17, 15) is 4.79 Å². The quantitative estimate of drug-likeness (QED) is 0.808. The second-order valence-electron chi connectivity index (χ2n) is 5.67. The second-order valence-corrected chi connectivity index (χ2v) is 7.44. The largest absolute Gasteiger partial charge is 0.369 e. The minimum absolute atomic E-state index is 0.0118. The normalized spacial score (nSPS) is 32.7. The van der Waals surface area contributed by atoms with Crippen molar-refractivity contribution in [3.05, 3.63) is 34.9 Å². The van der Waals surface area contributed by atoms with Crippen molar-refractivity contribution >= 4 is 40.7 Å². The molecule has 3 atom stereocenters. The molecule has 1 amide bonds. The van der Waals surface area contributed by atoms with Crippen LogP contribution in [0, 0.1) is 10.8 Å². The molecule has 0 saturated heterocycles. The molecule has 0 radical (unpaired) electrons. The molecule has 2 nitrogen and oxygen atoms in total.